The Labute approximate surface area is 185 Å². The molecule has 1 saturated heterocycles. The van der Waals surface area contributed by atoms with Gasteiger partial charge in [0.05, 0.1) is 29.7 Å². The first kappa shape index (κ1) is 21.4. The zero-order valence-corrected chi connectivity index (χ0v) is 18.7. The second kappa shape index (κ2) is 9.53. The largest absolute Gasteiger partial charge is 0.491 e. The van der Waals surface area contributed by atoms with Gasteiger partial charge in [-0.15, -0.1) is 11.3 Å². The van der Waals surface area contributed by atoms with Crippen LogP contribution in [-0.4, -0.2) is 40.2 Å². The molecule has 1 aromatic carbocycles. The van der Waals surface area contributed by atoms with Crippen LogP contribution in [-0.2, 0) is 4.74 Å². The summed E-state index contributed by atoms with van der Waals surface area (Å²) < 4.78 is 11.7. The molecule has 1 fully saturated rings. The maximum absolute atomic E-state index is 13.0. The second-order valence-electron chi connectivity index (χ2n) is 7.75. The molecule has 1 amide bonds. The molecule has 1 N–H and O–H groups in total. The molecule has 31 heavy (non-hydrogen) atoms. The number of nitrogens with zero attached hydrogens (tertiary/aromatic N) is 3. The van der Waals surface area contributed by atoms with Gasteiger partial charge in [0.25, 0.3) is 5.91 Å². The van der Waals surface area contributed by atoms with Crippen molar-refractivity contribution in [3.63, 3.8) is 0 Å². The van der Waals surface area contributed by atoms with Gasteiger partial charge in [-0.2, -0.15) is 0 Å². The fourth-order valence-electron chi connectivity index (χ4n) is 3.37. The highest BCUT2D eigenvalue weighted by molar-refractivity contribution is 7.14. The summed E-state index contributed by atoms with van der Waals surface area (Å²) in [7, 11) is 0. The first-order valence-electron chi connectivity index (χ1n) is 10.4. The standard InChI is InChI=1S/C23H26N4O3S/c1-14-10-25-21(12-24-14)16(3)27-22(28)17-7-18(23-26-11-15(2)31-23)9-20(8-17)30-13-19-5-4-6-29-19/h7-12,16,19H,4-6,13H2,1-3H3,(H,27,28)/t16-,19?/m1/s1. The normalized spacial score (nSPS) is 16.8. The van der Waals surface area contributed by atoms with Gasteiger partial charge in [0, 0.05) is 35.0 Å². The van der Waals surface area contributed by atoms with E-state index in [9.17, 15) is 4.79 Å². The third kappa shape index (κ3) is 5.45. The number of aromatic nitrogens is 3. The first-order chi connectivity index (χ1) is 15.0. The van der Waals surface area contributed by atoms with Gasteiger partial charge in [0.1, 0.15) is 17.4 Å². The molecule has 1 unspecified atom stereocenters. The van der Waals surface area contributed by atoms with Crippen LogP contribution < -0.4 is 10.1 Å². The predicted molar refractivity (Wildman–Crippen MR) is 119 cm³/mol. The highest BCUT2D eigenvalue weighted by Gasteiger charge is 2.19. The number of carbonyl (C=O) groups is 1. The number of hydrogen-bond donors (Lipinski definition) is 1. The van der Waals surface area contributed by atoms with Crippen LogP contribution in [0, 0.1) is 13.8 Å². The molecule has 3 aromatic rings. The van der Waals surface area contributed by atoms with Crippen molar-refractivity contribution < 1.29 is 14.3 Å². The van der Waals surface area contributed by atoms with Crippen LogP contribution in [0.1, 0.15) is 52.4 Å². The SMILES string of the molecule is Cc1cnc([C@@H](C)NC(=O)c2cc(OCC3CCCO3)cc(-c3ncc(C)s3)c2)cn1. The van der Waals surface area contributed by atoms with Crippen LogP contribution >= 0.6 is 11.3 Å². The summed E-state index contributed by atoms with van der Waals surface area (Å²) >= 11 is 1.58. The first-order valence-corrected chi connectivity index (χ1v) is 11.2. The summed E-state index contributed by atoms with van der Waals surface area (Å²) in [5, 5.41) is 3.85. The zero-order valence-electron chi connectivity index (χ0n) is 17.9. The van der Waals surface area contributed by atoms with Crippen LogP contribution in [0.15, 0.2) is 36.8 Å². The summed E-state index contributed by atoms with van der Waals surface area (Å²) in [4.78, 5) is 27.2. The van der Waals surface area contributed by atoms with Crippen LogP contribution in [0.25, 0.3) is 10.6 Å². The maximum Gasteiger partial charge on any atom is 0.251 e. The van der Waals surface area contributed by atoms with E-state index in [-0.39, 0.29) is 18.1 Å². The fourth-order valence-corrected chi connectivity index (χ4v) is 4.12. The topological polar surface area (TPSA) is 86.2 Å². The molecule has 162 valence electrons. The molecule has 2 atom stereocenters. The minimum absolute atomic E-state index is 0.100. The number of benzene rings is 1. The molecule has 0 aliphatic carbocycles. The second-order valence-corrected chi connectivity index (χ2v) is 8.98. The van der Waals surface area contributed by atoms with E-state index in [0.717, 1.165) is 40.6 Å². The lowest BCUT2D eigenvalue weighted by Gasteiger charge is -2.16. The fraction of sp³-hybridized carbons (Fsp3) is 0.391. The van der Waals surface area contributed by atoms with E-state index >= 15 is 0 Å². The van der Waals surface area contributed by atoms with Gasteiger partial charge in [-0.1, -0.05) is 0 Å². The number of ether oxygens (including phenoxy) is 2. The molecule has 7 nitrogen and oxygen atoms in total. The van der Waals surface area contributed by atoms with Crippen molar-refractivity contribution in [2.45, 2.75) is 45.8 Å². The third-order valence-electron chi connectivity index (χ3n) is 5.09. The lowest BCUT2D eigenvalue weighted by molar-refractivity contribution is 0.0679. The molecule has 2 aromatic heterocycles. The Hall–Kier alpha value is -2.84. The summed E-state index contributed by atoms with van der Waals surface area (Å²) in [5.74, 6) is 0.431. The molecule has 1 aliphatic heterocycles. The minimum atomic E-state index is -0.275. The number of rotatable bonds is 7. The van der Waals surface area contributed by atoms with Gasteiger partial charge in [-0.25, -0.2) is 4.98 Å². The summed E-state index contributed by atoms with van der Waals surface area (Å²) in [6.45, 7) is 7.03. The Kier molecular flexibility index (Phi) is 6.58. The van der Waals surface area contributed by atoms with Crippen molar-refractivity contribution in [1.82, 2.24) is 20.3 Å². The summed E-state index contributed by atoms with van der Waals surface area (Å²) in [6.07, 6.45) is 7.36. The minimum Gasteiger partial charge on any atom is -0.491 e. The average molecular weight is 439 g/mol. The van der Waals surface area contributed by atoms with Gasteiger partial charge in [0.2, 0.25) is 0 Å². The van der Waals surface area contributed by atoms with Gasteiger partial charge in [0.15, 0.2) is 0 Å². The number of amides is 1. The molecule has 0 bridgehead atoms. The average Bonchev–Trinajstić information content (AvgIpc) is 3.44. The molecular weight excluding hydrogens is 412 g/mol. The predicted octanol–water partition coefficient (Wildman–Crippen LogP) is 4.27. The zero-order chi connectivity index (χ0) is 21.8. The van der Waals surface area contributed by atoms with E-state index in [4.69, 9.17) is 9.47 Å². The molecule has 0 saturated carbocycles. The van der Waals surface area contributed by atoms with E-state index in [0.29, 0.717) is 23.6 Å². The quantitative estimate of drug-likeness (QED) is 0.593. The van der Waals surface area contributed by atoms with E-state index in [1.54, 1.807) is 29.8 Å². The molecule has 0 radical (unpaired) electrons. The maximum atomic E-state index is 13.0. The number of carbonyl (C=O) groups excluding carboxylic acids is 1. The molecule has 1 aliphatic rings. The highest BCUT2D eigenvalue weighted by Crippen LogP contribution is 2.30. The van der Waals surface area contributed by atoms with E-state index in [1.165, 1.54) is 0 Å². The Bertz CT molecular complexity index is 1050. The molecule has 3 heterocycles. The van der Waals surface area contributed by atoms with Crippen LogP contribution in [0.3, 0.4) is 0 Å². The van der Waals surface area contributed by atoms with Crippen LogP contribution in [0.5, 0.6) is 5.75 Å². The number of aryl methyl sites for hydroxylation is 2. The van der Waals surface area contributed by atoms with Crippen molar-refractivity contribution in [1.29, 1.82) is 0 Å². The number of thiazole rings is 1. The Balaban J connectivity index is 1.56. The van der Waals surface area contributed by atoms with Crippen molar-refractivity contribution in [3.8, 4) is 16.3 Å². The van der Waals surface area contributed by atoms with Crippen LogP contribution in [0.2, 0.25) is 0 Å². The van der Waals surface area contributed by atoms with E-state index < -0.39 is 0 Å². The lowest BCUT2D eigenvalue weighted by Crippen LogP contribution is -2.27. The smallest absolute Gasteiger partial charge is 0.251 e. The summed E-state index contributed by atoms with van der Waals surface area (Å²) in [5.41, 5.74) is 2.91. The van der Waals surface area contributed by atoms with Gasteiger partial charge in [-0.05, 0) is 51.8 Å². The molecule has 0 spiro atoms. The Morgan fingerprint density at radius 2 is 2.10 bits per heavy atom. The molecular formula is C23H26N4O3S. The Morgan fingerprint density at radius 3 is 2.77 bits per heavy atom. The summed E-state index contributed by atoms with van der Waals surface area (Å²) in [6, 6.07) is 5.27. The van der Waals surface area contributed by atoms with Crippen molar-refractivity contribution in [2.75, 3.05) is 13.2 Å². The van der Waals surface area contributed by atoms with Crippen molar-refractivity contribution in [3.05, 3.63) is 58.6 Å². The van der Waals surface area contributed by atoms with E-state index in [1.807, 2.05) is 39.1 Å². The molecule has 8 heteroatoms. The van der Waals surface area contributed by atoms with E-state index in [2.05, 4.69) is 20.3 Å². The number of hydrogen-bond acceptors (Lipinski definition) is 7. The van der Waals surface area contributed by atoms with Crippen LogP contribution in [0.4, 0.5) is 0 Å². The van der Waals surface area contributed by atoms with Gasteiger partial charge in [-0.3, -0.25) is 14.8 Å². The number of nitrogens with one attached hydrogen (secondary N) is 1. The van der Waals surface area contributed by atoms with Crippen molar-refractivity contribution >= 4 is 17.2 Å². The van der Waals surface area contributed by atoms with Gasteiger partial charge < -0.3 is 14.8 Å². The Morgan fingerprint density at radius 1 is 1.23 bits per heavy atom. The lowest BCUT2D eigenvalue weighted by atomic mass is 10.1. The third-order valence-corrected chi connectivity index (χ3v) is 6.05. The van der Waals surface area contributed by atoms with Gasteiger partial charge >= 0.3 is 0 Å². The monoisotopic (exact) mass is 438 g/mol. The van der Waals surface area contributed by atoms with Crippen molar-refractivity contribution in [2.24, 2.45) is 0 Å². The highest BCUT2D eigenvalue weighted by atomic mass is 32.1. The molecule has 4 rings (SSSR count).